The number of aryl methyl sites for hydroxylation is 1. The van der Waals surface area contributed by atoms with E-state index in [2.05, 4.69) is 37.1 Å². The SMILES string of the molecule is C=CC(=O)N1CCCC[C@@H](n2c(NC(=O)c3ccnc(C)c3)nc3ccc4c(cnn4CCN4CCCCC4)c32)C1. The van der Waals surface area contributed by atoms with Gasteiger partial charge < -0.3 is 14.4 Å². The maximum Gasteiger partial charge on any atom is 0.258 e. The van der Waals surface area contributed by atoms with Gasteiger partial charge in [-0.1, -0.05) is 13.0 Å². The predicted molar refractivity (Wildman–Crippen MR) is 160 cm³/mol. The molecule has 0 bridgehead atoms. The average molecular weight is 555 g/mol. The summed E-state index contributed by atoms with van der Waals surface area (Å²) in [5, 5.41) is 8.88. The van der Waals surface area contributed by atoms with Crippen molar-refractivity contribution in [3.8, 4) is 0 Å². The van der Waals surface area contributed by atoms with Crippen LogP contribution in [0.15, 0.2) is 49.3 Å². The molecule has 0 saturated carbocycles. The maximum atomic E-state index is 13.4. The molecule has 1 aromatic carbocycles. The van der Waals surface area contributed by atoms with Crippen molar-refractivity contribution in [2.45, 2.75) is 58.0 Å². The number of anilines is 1. The fraction of sp³-hybridized carbons (Fsp3) is 0.452. The van der Waals surface area contributed by atoms with Crippen LogP contribution in [-0.4, -0.2) is 78.7 Å². The molecule has 1 atom stereocenters. The Morgan fingerprint density at radius 1 is 1.07 bits per heavy atom. The molecule has 10 heteroatoms. The topological polar surface area (TPSA) is 101 Å². The van der Waals surface area contributed by atoms with Crippen LogP contribution in [0.25, 0.3) is 21.9 Å². The van der Waals surface area contributed by atoms with Crippen LogP contribution >= 0.6 is 0 Å². The number of benzene rings is 1. The summed E-state index contributed by atoms with van der Waals surface area (Å²) in [6, 6.07) is 7.50. The van der Waals surface area contributed by atoms with E-state index in [1.54, 1.807) is 18.3 Å². The molecular formula is C31H38N8O2. The van der Waals surface area contributed by atoms with Gasteiger partial charge in [0.1, 0.15) is 0 Å². The standard InChI is InChI=1S/C31H38N8O2/c1-3-28(40)37-16-8-5-9-24(21-37)39-29-25-20-33-38(18-17-36-14-6-4-7-15-36)27(25)11-10-26(29)34-31(39)35-30(41)23-12-13-32-22(2)19-23/h3,10-13,19-20,24H,1,4-9,14-18,21H2,2H3,(H,34,35,41)/t24-/m1/s1. The number of pyridine rings is 1. The number of hydrogen-bond acceptors (Lipinski definition) is 6. The van der Waals surface area contributed by atoms with Crippen LogP contribution in [0.5, 0.6) is 0 Å². The Hall–Kier alpha value is -4.05. The van der Waals surface area contributed by atoms with Gasteiger partial charge in [-0.3, -0.25) is 24.6 Å². The number of fused-ring (bicyclic) bond motifs is 3. The Morgan fingerprint density at radius 2 is 1.90 bits per heavy atom. The van der Waals surface area contributed by atoms with Crippen molar-refractivity contribution in [3.05, 3.63) is 60.6 Å². The quantitative estimate of drug-likeness (QED) is 0.336. The highest BCUT2D eigenvalue weighted by atomic mass is 16.2. The predicted octanol–water partition coefficient (Wildman–Crippen LogP) is 4.57. The van der Waals surface area contributed by atoms with Crippen LogP contribution in [-0.2, 0) is 11.3 Å². The fourth-order valence-corrected chi connectivity index (χ4v) is 6.31. The maximum absolute atomic E-state index is 13.4. The van der Waals surface area contributed by atoms with Gasteiger partial charge in [-0.2, -0.15) is 5.10 Å². The Bertz CT molecular complexity index is 1580. The minimum absolute atomic E-state index is 0.0665. The lowest BCUT2D eigenvalue weighted by molar-refractivity contribution is -0.126. The summed E-state index contributed by atoms with van der Waals surface area (Å²) in [6.45, 7) is 10.9. The number of piperidine rings is 1. The van der Waals surface area contributed by atoms with E-state index in [4.69, 9.17) is 10.1 Å². The van der Waals surface area contributed by atoms with E-state index in [-0.39, 0.29) is 17.9 Å². The van der Waals surface area contributed by atoms with Crippen LogP contribution in [0, 0.1) is 6.92 Å². The summed E-state index contributed by atoms with van der Waals surface area (Å²) in [4.78, 5) is 39.6. The zero-order valence-corrected chi connectivity index (χ0v) is 23.8. The van der Waals surface area contributed by atoms with Gasteiger partial charge >= 0.3 is 0 Å². The van der Waals surface area contributed by atoms with Crippen molar-refractivity contribution in [1.29, 1.82) is 0 Å². The number of imidazole rings is 1. The Labute approximate surface area is 240 Å². The zero-order valence-electron chi connectivity index (χ0n) is 23.8. The lowest BCUT2D eigenvalue weighted by Gasteiger charge is -2.26. The monoisotopic (exact) mass is 554 g/mol. The second kappa shape index (κ2) is 11.8. The molecule has 214 valence electrons. The summed E-state index contributed by atoms with van der Waals surface area (Å²) in [5.74, 6) is 0.161. The normalized spacial score (nSPS) is 18.5. The smallest absolute Gasteiger partial charge is 0.258 e. The lowest BCUT2D eigenvalue weighted by Crippen LogP contribution is -2.34. The van der Waals surface area contributed by atoms with E-state index < -0.39 is 0 Å². The van der Waals surface area contributed by atoms with Gasteiger partial charge in [0.25, 0.3) is 5.91 Å². The van der Waals surface area contributed by atoms with Crippen molar-refractivity contribution < 1.29 is 9.59 Å². The van der Waals surface area contributed by atoms with Gasteiger partial charge in [0.15, 0.2) is 0 Å². The molecule has 1 N–H and O–H groups in total. The number of hydrogen-bond donors (Lipinski definition) is 1. The van der Waals surface area contributed by atoms with Crippen LogP contribution in [0.1, 0.15) is 60.6 Å². The second-order valence-electron chi connectivity index (χ2n) is 11.2. The van der Waals surface area contributed by atoms with E-state index in [0.29, 0.717) is 24.6 Å². The third kappa shape index (κ3) is 5.61. The Morgan fingerprint density at radius 3 is 2.71 bits per heavy atom. The molecule has 2 fully saturated rings. The van der Waals surface area contributed by atoms with E-state index in [1.165, 1.54) is 25.3 Å². The third-order valence-corrected chi connectivity index (χ3v) is 8.43. The van der Waals surface area contributed by atoms with Gasteiger partial charge in [0.2, 0.25) is 11.9 Å². The number of aromatic nitrogens is 5. The summed E-state index contributed by atoms with van der Waals surface area (Å²) in [7, 11) is 0. The molecule has 41 heavy (non-hydrogen) atoms. The Kier molecular flexibility index (Phi) is 7.82. The molecule has 2 saturated heterocycles. The molecule has 4 aromatic rings. The fourth-order valence-electron chi connectivity index (χ4n) is 6.31. The van der Waals surface area contributed by atoms with Crippen LogP contribution in [0.3, 0.4) is 0 Å². The van der Waals surface area contributed by atoms with Crippen molar-refractivity contribution in [2.24, 2.45) is 0 Å². The van der Waals surface area contributed by atoms with E-state index in [9.17, 15) is 9.59 Å². The molecule has 2 amide bonds. The van der Waals surface area contributed by atoms with Crippen molar-refractivity contribution in [3.63, 3.8) is 0 Å². The van der Waals surface area contributed by atoms with Crippen molar-refractivity contribution in [1.82, 2.24) is 34.1 Å². The number of rotatable bonds is 7. The van der Waals surface area contributed by atoms with Gasteiger partial charge in [0, 0.05) is 42.5 Å². The molecule has 0 unspecified atom stereocenters. The highest BCUT2D eigenvalue weighted by molar-refractivity contribution is 6.07. The number of nitrogens with zero attached hydrogens (tertiary/aromatic N) is 7. The highest BCUT2D eigenvalue weighted by Gasteiger charge is 2.28. The number of carbonyl (C=O) groups excluding carboxylic acids is 2. The van der Waals surface area contributed by atoms with Crippen LogP contribution in [0.2, 0.25) is 0 Å². The second-order valence-corrected chi connectivity index (χ2v) is 11.2. The minimum atomic E-state index is -0.242. The minimum Gasteiger partial charge on any atom is -0.337 e. The van der Waals surface area contributed by atoms with E-state index in [0.717, 1.165) is 73.1 Å². The molecule has 5 heterocycles. The van der Waals surface area contributed by atoms with Crippen molar-refractivity contribution in [2.75, 3.05) is 38.0 Å². The van der Waals surface area contributed by atoms with E-state index >= 15 is 0 Å². The number of amides is 2. The summed E-state index contributed by atoms with van der Waals surface area (Å²) < 4.78 is 4.22. The summed E-state index contributed by atoms with van der Waals surface area (Å²) >= 11 is 0. The lowest BCUT2D eigenvalue weighted by atomic mass is 10.1. The van der Waals surface area contributed by atoms with Gasteiger partial charge in [-0.05, 0) is 82.5 Å². The van der Waals surface area contributed by atoms with Crippen LogP contribution in [0.4, 0.5) is 5.95 Å². The largest absolute Gasteiger partial charge is 0.337 e. The molecule has 6 rings (SSSR count). The van der Waals surface area contributed by atoms with Gasteiger partial charge in [-0.15, -0.1) is 0 Å². The number of likely N-dealkylation sites (tertiary alicyclic amines) is 2. The van der Waals surface area contributed by atoms with Crippen molar-refractivity contribution >= 4 is 39.7 Å². The molecule has 0 radical (unpaired) electrons. The first-order valence-electron chi connectivity index (χ1n) is 14.8. The Balaban J connectivity index is 1.41. The molecule has 2 aliphatic rings. The van der Waals surface area contributed by atoms with Gasteiger partial charge in [-0.25, -0.2) is 4.98 Å². The molecule has 2 aliphatic heterocycles. The molecular weight excluding hydrogens is 516 g/mol. The molecule has 0 spiro atoms. The van der Waals surface area contributed by atoms with E-state index in [1.807, 2.05) is 24.1 Å². The number of nitrogens with one attached hydrogen (secondary N) is 1. The third-order valence-electron chi connectivity index (χ3n) is 8.43. The molecule has 3 aromatic heterocycles. The molecule has 0 aliphatic carbocycles. The zero-order chi connectivity index (χ0) is 28.3. The summed E-state index contributed by atoms with van der Waals surface area (Å²) in [6.07, 6.45) is 11.5. The van der Waals surface area contributed by atoms with Crippen LogP contribution < -0.4 is 5.32 Å². The van der Waals surface area contributed by atoms with Gasteiger partial charge in [0.05, 0.1) is 35.3 Å². The highest BCUT2D eigenvalue weighted by Crippen LogP contribution is 2.34. The first-order chi connectivity index (χ1) is 20.0. The summed E-state index contributed by atoms with van der Waals surface area (Å²) in [5.41, 5.74) is 4.07. The first kappa shape index (κ1) is 27.1. The average Bonchev–Trinajstić information content (AvgIpc) is 3.48. The molecule has 10 nitrogen and oxygen atoms in total. The number of carbonyl (C=O) groups is 2. The first-order valence-corrected chi connectivity index (χ1v) is 14.8.